The summed E-state index contributed by atoms with van der Waals surface area (Å²) in [6.07, 6.45) is -0.215. The molecule has 4 heterocycles. The molecule has 0 unspecified atom stereocenters. The molecule has 0 aliphatic carbocycles. The maximum absolute atomic E-state index is 8.76. The monoisotopic (exact) mass is 904 g/mol. The van der Waals surface area contributed by atoms with Crippen molar-refractivity contribution in [3.05, 3.63) is 108 Å². The smallest absolute Gasteiger partial charge is 0 e. The van der Waals surface area contributed by atoms with Crippen LogP contribution in [-0.2, 0) is 32.9 Å². The Balaban J connectivity index is 0.000000272. The molecule has 2 aromatic carbocycles. The summed E-state index contributed by atoms with van der Waals surface area (Å²) in [7, 11) is 0. The number of thiophene rings is 1. The van der Waals surface area contributed by atoms with Gasteiger partial charge < -0.3 is 4.98 Å². The Kier molecular flexibility index (Phi) is 8.20. The summed E-state index contributed by atoms with van der Waals surface area (Å²) in [6, 6.07) is 24.3. The van der Waals surface area contributed by atoms with Gasteiger partial charge >= 0.3 is 135 Å². The van der Waals surface area contributed by atoms with E-state index in [1.54, 1.807) is 32.9 Å². The van der Waals surface area contributed by atoms with Crippen molar-refractivity contribution in [3.63, 3.8) is 0 Å². The average Bonchev–Trinajstić information content (AvgIpc) is 3.48. The van der Waals surface area contributed by atoms with E-state index in [1.165, 1.54) is 29.7 Å². The van der Waals surface area contributed by atoms with E-state index in [0.717, 1.165) is 36.7 Å². The van der Waals surface area contributed by atoms with E-state index in [4.69, 9.17) is 13.7 Å². The summed E-state index contributed by atoms with van der Waals surface area (Å²) in [5, 5.41) is 1.65. The van der Waals surface area contributed by atoms with Crippen molar-refractivity contribution in [3.8, 4) is 22.5 Å². The molecule has 0 fully saturated rings. The minimum Gasteiger partial charge on any atom is 0 e. The minimum atomic E-state index is -2.53. The Bertz CT molecular complexity index is 2410. The Morgan fingerprint density at radius 1 is 0.792 bits per heavy atom. The minimum absolute atomic E-state index is 0. The van der Waals surface area contributed by atoms with Crippen LogP contribution in [0.3, 0.4) is 0 Å². The Labute approximate surface area is 322 Å². The third kappa shape index (κ3) is 9.50. The number of nitrogens with zero attached hydrogens (tertiary/aromatic N) is 3. The second-order valence-electron chi connectivity index (χ2n) is 14.8. The largest absolute Gasteiger partial charge is 0 e. The fourth-order valence-electron chi connectivity index (χ4n) is 5.17. The molecular weight excluding hydrogens is 843 g/mol. The van der Waals surface area contributed by atoms with Gasteiger partial charge in [-0.1, -0.05) is 43.9 Å². The molecule has 0 amide bonds. The van der Waals surface area contributed by atoms with Crippen molar-refractivity contribution >= 4 is 49.3 Å². The normalized spacial score (nSPS) is 16.3. The molecule has 0 atom stereocenters. The number of hydrogen-bond donors (Lipinski definition) is 0. The first-order chi connectivity index (χ1) is 26.0. The van der Waals surface area contributed by atoms with Gasteiger partial charge in [-0.3, -0.25) is 0 Å². The number of pyridine rings is 3. The molecule has 48 heavy (non-hydrogen) atoms. The van der Waals surface area contributed by atoms with Crippen molar-refractivity contribution in [2.24, 2.45) is 10.8 Å². The molecule has 6 heteroatoms. The van der Waals surface area contributed by atoms with Gasteiger partial charge in [0.2, 0.25) is 0 Å². The molecular formula is C42H49GeIrN3S-2. The van der Waals surface area contributed by atoms with E-state index < -0.39 is 50.5 Å². The fraction of sp³-hybridized carbons (Fsp3) is 0.357. The summed E-state index contributed by atoms with van der Waals surface area (Å²) in [6.45, 7) is 6.21. The number of rotatable bonds is 5. The van der Waals surface area contributed by atoms with E-state index in [-0.39, 0.29) is 36.9 Å². The van der Waals surface area contributed by atoms with Gasteiger partial charge in [0, 0.05) is 43.0 Å². The summed E-state index contributed by atoms with van der Waals surface area (Å²) >= 11 is -0.936. The van der Waals surface area contributed by atoms with Gasteiger partial charge in [-0.05, 0) is 52.9 Å². The first-order valence-electron chi connectivity index (χ1n) is 20.7. The SMILES string of the molecule is [2H]C([2H])([2H])c1ccc2c(n1)sc1c(-c3cc(C([2H])([2H])C(C)(C)C)c(C([2H])([2H])[2H])cn3)[c-]ccc12.[2H]C([2H])(c1cc(-c2[c-]cccc2)nc[c]1[Ge]([CH3])([CH3])[CH3])C(C)(C)C.[Ir]. The van der Waals surface area contributed by atoms with Crippen LogP contribution in [0.25, 0.3) is 42.8 Å². The Morgan fingerprint density at radius 3 is 2.15 bits per heavy atom. The van der Waals surface area contributed by atoms with Gasteiger partial charge in [0.25, 0.3) is 0 Å². The van der Waals surface area contributed by atoms with Crippen LogP contribution in [0, 0.1) is 36.7 Å². The van der Waals surface area contributed by atoms with Crippen LogP contribution in [0.2, 0.25) is 17.3 Å². The predicted molar refractivity (Wildman–Crippen MR) is 206 cm³/mol. The number of fused-ring (bicyclic) bond motifs is 3. The maximum atomic E-state index is 8.76. The van der Waals surface area contributed by atoms with Crippen LogP contribution in [0.1, 0.15) is 77.6 Å². The third-order valence-electron chi connectivity index (χ3n) is 7.17. The van der Waals surface area contributed by atoms with Crippen LogP contribution in [0.15, 0.2) is 73.1 Å². The van der Waals surface area contributed by atoms with E-state index in [9.17, 15) is 0 Å². The van der Waals surface area contributed by atoms with Crippen LogP contribution in [0.4, 0.5) is 0 Å². The van der Waals surface area contributed by atoms with Crippen LogP contribution < -0.4 is 4.40 Å². The van der Waals surface area contributed by atoms with Crippen molar-refractivity contribution in [1.82, 2.24) is 15.0 Å². The van der Waals surface area contributed by atoms with Gasteiger partial charge in [-0.15, -0.1) is 23.8 Å². The van der Waals surface area contributed by atoms with E-state index in [1.807, 2.05) is 63.4 Å². The Morgan fingerprint density at radius 2 is 1.50 bits per heavy atom. The topological polar surface area (TPSA) is 38.7 Å². The zero-order valence-electron chi connectivity index (χ0n) is 39.0. The molecule has 3 nitrogen and oxygen atoms in total. The number of benzene rings is 2. The molecule has 0 spiro atoms. The van der Waals surface area contributed by atoms with E-state index in [0.29, 0.717) is 16.1 Å². The summed E-state index contributed by atoms with van der Waals surface area (Å²) in [4.78, 5) is 13.9. The maximum Gasteiger partial charge on any atom is 0 e. The molecule has 0 aliphatic rings. The quantitative estimate of drug-likeness (QED) is 0.128. The van der Waals surface area contributed by atoms with Gasteiger partial charge in [0.05, 0.1) is 0 Å². The number of aryl methyl sites for hydroxylation is 2. The van der Waals surface area contributed by atoms with Gasteiger partial charge in [-0.2, -0.15) is 11.3 Å². The van der Waals surface area contributed by atoms with Crippen molar-refractivity contribution in [2.45, 2.75) is 85.3 Å². The van der Waals surface area contributed by atoms with Crippen LogP contribution >= 0.6 is 11.3 Å². The van der Waals surface area contributed by atoms with Crippen molar-refractivity contribution in [2.75, 3.05) is 0 Å². The first kappa shape index (κ1) is 26.2. The van der Waals surface area contributed by atoms with Gasteiger partial charge in [0.15, 0.2) is 0 Å². The molecule has 0 saturated heterocycles. The van der Waals surface area contributed by atoms with Gasteiger partial charge in [0.1, 0.15) is 4.83 Å². The van der Waals surface area contributed by atoms with E-state index >= 15 is 0 Å². The average molecular weight is 903 g/mol. The molecule has 4 aromatic heterocycles. The predicted octanol–water partition coefficient (Wildman–Crippen LogP) is 11.2. The molecule has 0 saturated carbocycles. The zero-order chi connectivity index (χ0) is 42.7. The zero-order valence-corrected chi connectivity index (χ0v) is 34.3. The first-order valence-corrected chi connectivity index (χ1v) is 23.9. The number of aromatic nitrogens is 3. The molecule has 6 rings (SSSR count). The molecule has 0 N–H and O–H groups in total. The van der Waals surface area contributed by atoms with Crippen LogP contribution in [0.5, 0.6) is 0 Å². The fourth-order valence-corrected chi connectivity index (χ4v) is 9.28. The van der Waals surface area contributed by atoms with Crippen LogP contribution in [-0.4, -0.2) is 28.2 Å². The molecule has 0 bridgehead atoms. The molecule has 6 aromatic rings. The molecule has 253 valence electrons. The third-order valence-corrected chi connectivity index (χ3v) is 12.5. The second kappa shape index (κ2) is 15.0. The molecule has 0 aliphatic heterocycles. The Hall–Kier alpha value is -2.70. The summed E-state index contributed by atoms with van der Waals surface area (Å²) < 4.78 is 83.6. The molecule has 1 radical (unpaired) electrons. The van der Waals surface area contributed by atoms with Gasteiger partial charge in [-0.25, -0.2) is 4.98 Å². The summed E-state index contributed by atoms with van der Waals surface area (Å²) in [5.74, 6) is 6.86. The number of hydrogen-bond acceptors (Lipinski definition) is 4. The van der Waals surface area contributed by atoms with E-state index in [2.05, 4.69) is 44.4 Å². The summed E-state index contributed by atoms with van der Waals surface area (Å²) in [5.41, 5.74) is 2.10. The van der Waals surface area contributed by atoms with Crippen molar-refractivity contribution in [1.29, 1.82) is 0 Å². The van der Waals surface area contributed by atoms with Crippen molar-refractivity contribution < 1.29 is 33.8 Å². The second-order valence-corrected chi connectivity index (χ2v) is 26.3. The standard InChI is InChI=1S/C23H23N2S.C19H26GeN.Ir/c1-14-13-24-20(11-16(14)12-23(3,4)5)19-8-6-7-17-18-10-9-15(2)25-22(18)26-21(17)19;1-19(2,3)13-16-12-18(15-10-8-7-9-11-15)21-14-17(16)20(4,5)6;/h6-7,9-11,13H,12H2,1-5H3;7-10,12,14H,13H2,1-6H3;/q2*-1;/i1D3,2D3,12D2;13D2;.